The molecule has 2 rings (SSSR count). The molecule has 0 radical (unpaired) electrons. The van der Waals surface area contributed by atoms with Gasteiger partial charge in [0.25, 0.3) is 0 Å². The molecule has 0 spiro atoms. The molecule has 1 aromatic heterocycles. The fraction of sp³-hybridized carbons (Fsp3) is 0.636. The fourth-order valence-corrected chi connectivity index (χ4v) is 4.47. The largest absolute Gasteiger partial charge is 0.326 e. The van der Waals surface area contributed by atoms with Crippen LogP contribution in [0.1, 0.15) is 22.6 Å². The maximum absolute atomic E-state index is 12.1. The van der Waals surface area contributed by atoms with Gasteiger partial charge in [-0.25, -0.2) is 13.1 Å². The Hall–Kier alpha value is -0.140. The molecule has 104 valence electrons. The lowest BCUT2D eigenvalue weighted by Gasteiger charge is -2.11. The molecule has 0 bridgehead atoms. The van der Waals surface area contributed by atoms with E-state index in [1.807, 2.05) is 13.8 Å². The van der Waals surface area contributed by atoms with Gasteiger partial charge in [-0.05, 0) is 38.7 Å². The first-order valence-electron chi connectivity index (χ1n) is 5.72. The molecule has 1 aromatic rings. The molecule has 1 fully saturated rings. The van der Waals surface area contributed by atoms with Crippen LogP contribution in [-0.4, -0.2) is 21.0 Å². The number of nitrogens with two attached hydrogens (primary N) is 1. The van der Waals surface area contributed by atoms with E-state index in [0.29, 0.717) is 17.4 Å². The molecular formula is C11H19ClN2O2S2. The predicted octanol–water partition coefficient (Wildman–Crippen LogP) is 1.80. The van der Waals surface area contributed by atoms with Gasteiger partial charge in [-0.1, -0.05) is 0 Å². The van der Waals surface area contributed by atoms with Crippen molar-refractivity contribution in [1.29, 1.82) is 0 Å². The van der Waals surface area contributed by atoms with Crippen LogP contribution in [-0.2, 0) is 10.0 Å². The van der Waals surface area contributed by atoms with Crippen molar-refractivity contribution < 1.29 is 8.42 Å². The lowest BCUT2D eigenvalue weighted by molar-refractivity contribution is 0.547. The van der Waals surface area contributed by atoms with Crippen molar-refractivity contribution in [3.8, 4) is 0 Å². The summed E-state index contributed by atoms with van der Waals surface area (Å²) in [6, 6.07) is 1.66. The summed E-state index contributed by atoms with van der Waals surface area (Å²) in [4.78, 5) is 2.23. The first-order chi connectivity index (χ1) is 7.90. The third kappa shape index (κ3) is 3.68. The van der Waals surface area contributed by atoms with Gasteiger partial charge in [0.15, 0.2) is 0 Å². The summed E-state index contributed by atoms with van der Waals surface area (Å²) in [6.07, 6.45) is 2.25. The minimum atomic E-state index is -3.39. The van der Waals surface area contributed by atoms with Gasteiger partial charge < -0.3 is 5.73 Å². The number of hydrogen-bond acceptors (Lipinski definition) is 4. The summed E-state index contributed by atoms with van der Waals surface area (Å²) in [5.74, 6) is 0.503. The smallest absolute Gasteiger partial charge is 0.241 e. The Balaban J connectivity index is 0.00000162. The molecule has 0 saturated heterocycles. The van der Waals surface area contributed by atoms with Gasteiger partial charge in [0, 0.05) is 22.3 Å². The van der Waals surface area contributed by atoms with Gasteiger partial charge in [0.05, 0.1) is 4.90 Å². The topological polar surface area (TPSA) is 72.2 Å². The van der Waals surface area contributed by atoms with Crippen LogP contribution in [0.5, 0.6) is 0 Å². The molecule has 1 aliphatic carbocycles. The van der Waals surface area contributed by atoms with Crippen molar-refractivity contribution in [3.05, 3.63) is 15.8 Å². The quantitative estimate of drug-likeness (QED) is 0.871. The summed E-state index contributed by atoms with van der Waals surface area (Å²) < 4.78 is 26.7. The van der Waals surface area contributed by atoms with Crippen LogP contribution in [0.2, 0.25) is 0 Å². The van der Waals surface area contributed by atoms with Crippen LogP contribution in [0, 0.1) is 19.8 Å². The zero-order chi connectivity index (χ0) is 12.6. The lowest BCUT2D eigenvalue weighted by atomic mass is 10.2. The monoisotopic (exact) mass is 310 g/mol. The number of nitrogens with one attached hydrogen (secondary N) is 1. The highest BCUT2D eigenvalue weighted by molar-refractivity contribution is 7.89. The maximum Gasteiger partial charge on any atom is 0.241 e. The lowest BCUT2D eigenvalue weighted by Crippen LogP contribution is -2.38. The van der Waals surface area contributed by atoms with E-state index in [1.165, 1.54) is 11.3 Å². The Labute approximate surface area is 118 Å². The second-order valence-corrected chi connectivity index (χ2v) is 7.83. The van der Waals surface area contributed by atoms with Crippen molar-refractivity contribution in [2.75, 3.05) is 6.54 Å². The minimum Gasteiger partial charge on any atom is -0.326 e. The molecular weight excluding hydrogens is 292 g/mol. The Kier molecular flexibility index (Phi) is 5.20. The fourth-order valence-electron chi connectivity index (χ4n) is 1.85. The van der Waals surface area contributed by atoms with E-state index in [1.54, 1.807) is 6.07 Å². The van der Waals surface area contributed by atoms with Gasteiger partial charge in [-0.15, -0.1) is 23.7 Å². The van der Waals surface area contributed by atoms with E-state index in [-0.39, 0.29) is 18.4 Å². The average Bonchev–Trinajstić information content (AvgIpc) is 3.01. The highest BCUT2D eigenvalue weighted by atomic mass is 35.5. The van der Waals surface area contributed by atoms with Gasteiger partial charge >= 0.3 is 0 Å². The average molecular weight is 311 g/mol. The van der Waals surface area contributed by atoms with Crippen molar-refractivity contribution in [3.63, 3.8) is 0 Å². The Morgan fingerprint density at radius 1 is 1.50 bits per heavy atom. The molecule has 0 aromatic carbocycles. The molecule has 1 atom stereocenters. The summed E-state index contributed by atoms with van der Waals surface area (Å²) in [5, 5.41) is 0. The van der Waals surface area contributed by atoms with Gasteiger partial charge in [0.2, 0.25) is 10.0 Å². The molecule has 3 N–H and O–H groups in total. The normalized spacial score (nSPS) is 17.3. The van der Waals surface area contributed by atoms with E-state index in [0.717, 1.165) is 22.6 Å². The van der Waals surface area contributed by atoms with Gasteiger partial charge in [0.1, 0.15) is 0 Å². The third-order valence-electron chi connectivity index (χ3n) is 3.02. The summed E-state index contributed by atoms with van der Waals surface area (Å²) in [7, 11) is -3.39. The predicted molar refractivity (Wildman–Crippen MR) is 76.9 cm³/mol. The van der Waals surface area contributed by atoms with E-state index in [9.17, 15) is 8.42 Å². The molecule has 1 unspecified atom stereocenters. The van der Waals surface area contributed by atoms with E-state index < -0.39 is 10.0 Å². The van der Waals surface area contributed by atoms with E-state index in [4.69, 9.17) is 5.73 Å². The molecule has 7 heteroatoms. The van der Waals surface area contributed by atoms with Crippen molar-refractivity contribution in [1.82, 2.24) is 4.72 Å². The summed E-state index contributed by atoms with van der Waals surface area (Å²) in [5.41, 5.74) is 5.88. The Bertz CT molecular complexity index is 509. The molecule has 4 nitrogen and oxygen atoms in total. The van der Waals surface area contributed by atoms with Gasteiger partial charge in [-0.2, -0.15) is 0 Å². The zero-order valence-electron chi connectivity index (χ0n) is 10.5. The number of rotatable bonds is 5. The molecule has 1 saturated carbocycles. The second kappa shape index (κ2) is 5.88. The first kappa shape index (κ1) is 15.9. The molecule has 1 heterocycles. The highest BCUT2D eigenvalue weighted by Crippen LogP contribution is 2.31. The van der Waals surface area contributed by atoms with E-state index >= 15 is 0 Å². The second-order valence-electron chi connectivity index (χ2n) is 4.63. The first-order valence-corrected chi connectivity index (χ1v) is 8.02. The van der Waals surface area contributed by atoms with Crippen molar-refractivity contribution in [2.24, 2.45) is 11.7 Å². The molecule has 0 amide bonds. The van der Waals surface area contributed by atoms with E-state index in [2.05, 4.69) is 4.72 Å². The molecule has 18 heavy (non-hydrogen) atoms. The SMILES string of the molecule is Cc1cc(S(=O)(=O)NCC(N)C2CC2)c(C)s1.Cl. The third-order valence-corrected chi connectivity index (χ3v) is 5.67. The van der Waals surface area contributed by atoms with Crippen LogP contribution < -0.4 is 10.5 Å². The van der Waals surface area contributed by atoms with Crippen LogP contribution >= 0.6 is 23.7 Å². The van der Waals surface area contributed by atoms with Crippen LogP contribution in [0.25, 0.3) is 0 Å². The minimum absolute atomic E-state index is 0. The molecule has 0 aliphatic heterocycles. The van der Waals surface area contributed by atoms with Crippen LogP contribution in [0.15, 0.2) is 11.0 Å². The maximum atomic E-state index is 12.1. The van der Waals surface area contributed by atoms with Crippen LogP contribution in [0.4, 0.5) is 0 Å². The number of hydrogen-bond donors (Lipinski definition) is 2. The number of halogens is 1. The zero-order valence-corrected chi connectivity index (χ0v) is 12.9. The molecule has 1 aliphatic rings. The van der Waals surface area contributed by atoms with Gasteiger partial charge in [-0.3, -0.25) is 0 Å². The highest BCUT2D eigenvalue weighted by Gasteiger charge is 2.29. The van der Waals surface area contributed by atoms with Crippen molar-refractivity contribution in [2.45, 2.75) is 37.6 Å². The van der Waals surface area contributed by atoms with Crippen molar-refractivity contribution >= 4 is 33.8 Å². The number of sulfonamides is 1. The Morgan fingerprint density at radius 3 is 2.56 bits per heavy atom. The standard InChI is InChI=1S/C11H18N2O2S2.ClH/c1-7-5-11(8(2)16-7)17(14,15)13-6-10(12)9-3-4-9;/h5,9-10,13H,3-4,6,12H2,1-2H3;1H. The number of thiophene rings is 1. The summed E-state index contributed by atoms with van der Waals surface area (Å²) >= 11 is 1.50. The van der Waals surface area contributed by atoms with Crippen LogP contribution in [0.3, 0.4) is 0 Å². The number of aryl methyl sites for hydroxylation is 2. The Morgan fingerprint density at radius 2 is 2.11 bits per heavy atom. The summed E-state index contributed by atoms with van der Waals surface area (Å²) in [6.45, 7) is 4.07.